The number of carbonyl (C=O) groups is 1. The zero-order valence-electron chi connectivity index (χ0n) is 12.8. The van der Waals surface area contributed by atoms with Gasteiger partial charge in [0.25, 0.3) is 0 Å². The third-order valence-corrected chi connectivity index (χ3v) is 3.53. The summed E-state index contributed by atoms with van der Waals surface area (Å²) in [6.07, 6.45) is -3.22. The second-order valence-corrected chi connectivity index (χ2v) is 5.15. The van der Waals surface area contributed by atoms with Crippen LogP contribution in [0.5, 0.6) is 11.5 Å². The van der Waals surface area contributed by atoms with E-state index in [1.807, 2.05) is 0 Å². The van der Waals surface area contributed by atoms with Gasteiger partial charge in [-0.25, -0.2) is 9.18 Å². The quantitative estimate of drug-likeness (QED) is 0.538. The summed E-state index contributed by atoms with van der Waals surface area (Å²) in [4.78, 5) is 14.4. The summed E-state index contributed by atoms with van der Waals surface area (Å²) in [5, 5.41) is 0.471. The lowest BCUT2D eigenvalue weighted by Gasteiger charge is -2.15. The highest BCUT2D eigenvalue weighted by Gasteiger charge is 2.35. The van der Waals surface area contributed by atoms with Crippen molar-refractivity contribution in [2.75, 3.05) is 7.11 Å². The van der Waals surface area contributed by atoms with Crippen LogP contribution >= 0.6 is 0 Å². The van der Waals surface area contributed by atoms with Gasteiger partial charge in [-0.3, -0.25) is 0 Å². The minimum Gasteiger partial charge on any atom is -0.465 e. The number of H-pyrrole nitrogens is 1. The van der Waals surface area contributed by atoms with E-state index in [4.69, 9.17) is 4.74 Å². The minimum absolute atomic E-state index is 0.189. The normalized spacial score (nSPS) is 11.6. The number of methoxy groups -OCH3 is 1. The largest absolute Gasteiger partial charge is 0.465 e. The first-order chi connectivity index (χ1) is 11.8. The van der Waals surface area contributed by atoms with E-state index in [1.165, 1.54) is 12.3 Å². The monoisotopic (exact) mass is 353 g/mol. The van der Waals surface area contributed by atoms with Gasteiger partial charge in [-0.2, -0.15) is 13.2 Å². The number of hydrogen-bond acceptors (Lipinski definition) is 3. The van der Waals surface area contributed by atoms with Crippen LogP contribution in [0, 0.1) is 5.82 Å². The number of carbonyl (C=O) groups excluding carboxylic acids is 1. The number of rotatable bonds is 3. The molecule has 0 amide bonds. The highest BCUT2D eigenvalue weighted by Crippen LogP contribution is 2.41. The molecule has 130 valence electrons. The van der Waals surface area contributed by atoms with Gasteiger partial charge in [0, 0.05) is 23.2 Å². The lowest BCUT2D eigenvalue weighted by molar-refractivity contribution is -0.138. The van der Waals surface area contributed by atoms with Crippen molar-refractivity contribution >= 4 is 16.9 Å². The fourth-order valence-electron chi connectivity index (χ4n) is 2.36. The first kappa shape index (κ1) is 16.8. The van der Waals surface area contributed by atoms with Crippen LogP contribution in [-0.2, 0) is 10.9 Å². The topological polar surface area (TPSA) is 51.3 Å². The van der Waals surface area contributed by atoms with Crippen molar-refractivity contribution in [3.63, 3.8) is 0 Å². The zero-order valence-corrected chi connectivity index (χ0v) is 12.8. The van der Waals surface area contributed by atoms with E-state index in [1.54, 1.807) is 6.07 Å². The number of aromatic nitrogens is 1. The number of ether oxygens (including phenoxy) is 2. The fraction of sp³-hybridized carbons (Fsp3) is 0.118. The molecule has 25 heavy (non-hydrogen) atoms. The maximum Gasteiger partial charge on any atom is 0.420 e. The van der Waals surface area contributed by atoms with Crippen molar-refractivity contribution in [2.45, 2.75) is 6.18 Å². The number of nitrogens with one attached hydrogen (secondary N) is 1. The summed E-state index contributed by atoms with van der Waals surface area (Å²) in [5.74, 6) is -2.53. The van der Waals surface area contributed by atoms with Crippen LogP contribution in [0.2, 0.25) is 0 Å². The van der Waals surface area contributed by atoms with Crippen LogP contribution in [0.1, 0.15) is 15.9 Å². The highest BCUT2D eigenvalue weighted by molar-refractivity contribution is 5.92. The molecule has 3 rings (SSSR count). The molecule has 2 aromatic carbocycles. The number of esters is 1. The summed E-state index contributed by atoms with van der Waals surface area (Å²) in [6.45, 7) is 0. The van der Waals surface area contributed by atoms with Crippen molar-refractivity contribution in [3.05, 3.63) is 59.5 Å². The van der Waals surface area contributed by atoms with Crippen molar-refractivity contribution in [1.82, 2.24) is 4.98 Å². The molecule has 1 N–H and O–H groups in total. The number of aromatic amines is 1. The molecule has 0 aliphatic heterocycles. The Hall–Kier alpha value is -3.03. The summed E-state index contributed by atoms with van der Waals surface area (Å²) in [6, 6.07) is 6.52. The van der Waals surface area contributed by atoms with Crippen molar-refractivity contribution in [1.29, 1.82) is 0 Å². The first-order valence-electron chi connectivity index (χ1n) is 7.03. The van der Waals surface area contributed by atoms with Gasteiger partial charge in [-0.1, -0.05) is 0 Å². The Morgan fingerprint density at radius 1 is 1.08 bits per heavy atom. The van der Waals surface area contributed by atoms with Crippen LogP contribution in [-0.4, -0.2) is 18.1 Å². The number of benzene rings is 2. The third kappa shape index (κ3) is 3.28. The van der Waals surface area contributed by atoms with Gasteiger partial charge >= 0.3 is 12.1 Å². The molecule has 8 heteroatoms. The molecule has 0 radical (unpaired) electrons. The predicted molar refractivity (Wildman–Crippen MR) is 81.1 cm³/mol. The molecule has 0 fully saturated rings. The molecule has 1 heterocycles. The maximum atomic E-state index is 13.5. The number of fused-ring (bicyclic) bond motifs is 1. The summed E-state index contributed by atoms with van der Waals surface area (Å²) in [5.41, 5.74) is -0.971. The fourth-order valence-corrected chi connectivity index (χ4v) is 2.36. The Morgan fingerprint density at radius 2 is 1.84 bits per heavy atom. The molecule has 0 aliphatic rings. The van der Waals surface area contributed by atoms with E-state index in [-0.39, 0.29) is 16.8 Å². The van der Waals surface area contributed by atoms with Crippen molar-refractivity contribution < 1.29 is 31.8 Å². The summed E-state index contributed by atoms with van der Waals surface area (Å²) < 4.78 is 63.3. The Bertz CT molecular complexity index is 947. The summed E-state index contributed by atoms with van der Waals surface area (Å²) >= 11 is 0. The van der Waals surface area contributed by atoms with Gasteiger partial charge in [-0.15, -0.1) is 0 Å². The number of alkyl halides is 3. The Balaban J connectivity index is 2.15. The molecule has 0 spiro atoms. The lowest BCUT2D eigenvalue weighted by atomic mass is 10.1. The van der Waals surface area contributed by atoms with Gasteiger partial charge in [0.2, 0.25) is 0 Å². The summed E-state index contributed by atoms with van der Waals surface area (Å²) in [7, 11) is 1.10. The van der Waals surface area contributed by atoms with Crippen molar-refractivity contribution in [3.8, 4) is 11.5 Å². The van der Waals surface area contributed by atoms with E-state index in [0.29, 0.717) is 5.39 Å². The van der Waals surface area contributed by atoms with E-state index in [9.17, 15) is 22.4 Å². The van der Waals surface area contributed by atoms with Gasteiger partial charge in [0.1, 0.15) is 28.4 Å². The van der Waals surface area contributed by atoms with Crippen LogP contribution in [0.25, 0.3) is 10.9 Å². The molecule has 3 aromatic rings. The predicted octanol–water partition coefficient (Wildman–Crippen LogP) is 4.90. The van der Waals surface area contributed by atoms with Crippen molar-refractivity contribution in [2.24, 2.45) is 0 Å². The van der Waals surface area contributed by atoms with Crippen LogP contribution in [0.3, 0.4) is 0 Å². The standard InChI is InChI=1S/C17H11F4NO3/c1-24-16(23)11-3-2-10(18)7-14(11)25-15-6-9-4-5-22-13(9)8-12(15)17(19,20)21/h2-8,22H,1H3. The minimum atomic E-state index is -4.70. The molecule has 0 bridgehead atoms. The van der Waals surface area contributed by atoms with Gasteiger partial charge < -0.3 is 14.5 Å². The molecule has 0 atom stereocenters. The smallest absolute Gasteiger partial charge is 0.420 e. The Labute approximate surface area is 139 Å². The maximum absolute atomic E-state index is 13.5. The van der Waals surface area contributed by atoms with E-state index >= 15 is 0 Å². The molecule has 0 unspecified atom stereocenters. The molecule has 1 aromatic heterocycles. The molecule has 4 nitrogen and oxygen atoms in total. The molecule has 0 saturated heterocycles. The lowest BCUT2D eigenvalue weighted by Crippen LogP contribution is -2.09. The van der Waals surface area contributed by atoms with E-state index < -0.39 is 29.3 Å². The number of halogens is 4. The van der Waals surface area contributed by atoms with Crippen LogP contribution in [0.4, 0.5) is 17.6 Å². The second kappa shape index (κ2) is 6.12. The van der Waals surface area contributed by atoms with Gasteiger partial charge in [-0.05, 0) is 30.3 Å². The molecular formula is C17H11F4NO3. The molecule has 0 saturated carbocycles. The highest BCUT2D eigenvalue weighted by atomic mass is 19.4. The molecular weight excluding hydrogens is 342 g/mol. The average molecular weight is 353 g/mol. The SMILES string of the molecule is COC(=O)c1ccc(F)cc1Oc1cc2cc[nH]c2cc1C(F)(F)F. The number of hydrogen-bond donors (Lipinski definition) is 1. The second-order valence-electron chi connectivity index (χ2n) is 5.15. The zero-order chi connectivity index (χ0) is 18.2. The Morgan fingerprint density at radius 3 is 2.52 bits per heavy atom. The van der Waals surface area contributed by atoms with Gasteiger partial charge in [0.15, 0.2) is 0 Å². The van der Waals surface area contributed by atoms with Crippen LogP contribution in [0.15, 0.2) is 42.6 Å². The Kier molecular flexibility index (Phi) is 4.12. The molecule has 0 aliphatic carbocycles. The van der Waals surface area contributed by atoms with Gasteiger partial charge in [0.05, 0.1) is 7.11 Å². The van der Waals surface area contributed by atoms with E-state index in [0.717, 1.165) is 31.4 Å². The first-order valence-corrected chi connectivity index (χ1v) is 7.03. The third-order valence-electron chi connectivity index (χ3n) is 3.53. The van der Waals surface area contributed by atoms with E-state index in [2.05, 4.69) is 9.72 Å². The van der Waals surface area contributed by atoms with Crippen LogP contribution < -0.4 is 4.74 Å². The average Bonchev–Trinajstić information content (AvgIpc) is 3.00.